The fourth-order valence-electron chi connectivity index (χ4n) is 4.15. The lowest BCUT2D eigenvalue weighted by Gasteiger charge is -2.25. The van der Waals surface area contributed by atoms with Gasteiger partial charge in [0.05, 0.1) is 24.8 Å². The van der Waals surface area contributed by atoms with E-state index in [-0.39, 0.29) is 0 Å². The van der Waals surface area contributed by atoms with Crippen LogP contribution in [-0.4, -0.2) is 39.2 Å². The van der Waals surface area contributed by atoms with Gasteiger partial charge >= 0.3 is 0 Å². The Hall–Kier alpha value is -2.85. The molecule has 0 spiro atoms. The van der Waals surface area contributed by atoms with Crippen molar-refractivity contribution in [3.63, 3.8) is 0 Å². The summed E-state index contributed by atoms with van der Waals surface area (Å²) in [7, 11) is 3.28. The van der Waals surface area contributed by atoms with Crippen molar-refractivity contribution < 1.29 is 13.9 Å². The van der Waals surface area contributed by atoms with E-state index in [2.05, 4.69) is 25.0 Å². The summed E-state index contributed by atoms with van der Waals surface area (Å²) in [5.74, 6) is 3.88. The fourth-order valence-corrected chi connectivity index (χ4v) is 5.64. The highest BCUT2D eigenvalue weighted by Gasteiger charge is 2.25. The molecule has 8 nitrogen and oxygen atoms in total. The minimum Gasteiger partial charge on any atom is -0.493 e. The summed E-state index contributed by atoms with van der Waals surface area (Å²) < 4.78 is 19.1. The molecule has 0 saturated heterocycles. The monoisotopic (exact) mass is 483 g/mol. The second-order valence-corrected chi connectivity index (χ2v) is 9.69. The van der Waals surface area contributed by atoms with Crippen LogP contribution in [-0.2, 0) is 5.75 Å². The Bertz CT molecular complexity index is 1200. The molecule has 0 N–H and O–H groups in total. The smallest absolute Gasteiger partial charge is 0.257 e. The van der Waals surface area contributed by atoms with E-state index in [4.69, 9.17) is 13.9 Å². The second-order valence-electron chi connectivity index (χ2n) is 7.80. The maximum atomic E-state index is 5.86. The number of methoxy groups -OCH3 is 2. The third kappa shape index (κ3) is 4.63. The maximum absolute atomic E-state index is 5.86. The molecular weight excluding hydrogens is 458 g/mol. The number of ether oxygens (including phenoxy) is 2. The van der Waals surface area contributed by atoms with Crippen molar-refractivity contribution in [3.8, 4) is 33.7 Å². The topological polar surface area (TPSA) is 88.1 Å². The van der Waals surface area contributed by atoms with Crippen LogP contribution in [0.15, 0.2) is 45.3 Å². The molecule has 0 unspecified atom stereocenters. The molecule has 4 aromatic rings. The largest absolute Gasteiger partial charge is 0.493 e. The number of rotatable bonds is 8. The van der Waals surface area contributed by atoms with Gasteiger partial charge in [-0.3, -0.25) is 4.57 Å². The van der Waals surface area contributed by atoms with E-state index in [0.717, 1.165) is 34.3 Å². The lowest BCUT2D eigenvalue weighted by Crippen LogP contribution is -2.15. The van der Waals surface area contributed by atoms with E-state index in [0.29, 0.717) is 35.1 Å². The van der Waals surface area contributed by atoms with Crippen molar-refractivity contribution >= 4 is 23.1 Å². The molecule has 0 amide bonds. The molecule has 3 heterocycles. The van der Waals surface area contributed by atoms with E-state index in [9.17, 15) is 0 Å². The maximum Gasteiger partial charge on any atom is 0.257 e. The van der Waals surface area contributed by atoms with Crippen LogP contribution in [0.4, 0.5) is 0 Å². The number of hydrogen-bond acceptors (Lipinski definition) is 9. The standard InChI is InChI=1S/C23H25N5O3S2/c1-29-17-11-10-15(13-18(17)30-2)21-25-27-23(28(21)16-7-4-3-5-8-16)33-14-20-24-26-22(31-20)19-9-6-12-32-19/h6,9-13,16H,3-5,7-8,14H2,1-2H3. The van der Waals surface area contributed by atoms with Gasteiger partial charge in [-0.25, -0.2) is 0 Å². The predicted molar refractivity (Wildman–Crippen MR) is 128 cm³/mol. The van der Waals surface area contributed by atoms with E-state index >= 15 is 0 Å². The number of thioether (sulfide) groups is 1. The summed E-state index contributed by atoms with van der Waals surface area (Å²) in [6, 6.07) is 10.2. The molecule has 1 fully saturated rings. The van der Waals surface area contributed by atoms with Crippen molar-refractivity contribution in [1.82, 2.24) is 25.0 Å². The fraction of sp³-hybridized carbons (Fsp3) is 0.391. The molecule has 3 aromatic heterocycles. The summed E-state index contributed by atoms with van der Waals surface area (Å²) >= 11 is 3.16. The SMILES string of the molecule is COc1ccc(-c2nnc(SCc3nnc(-c4cccs4)o3)n2C2CCCCC2)cc1OC. The highest BCUT2D eigenvalue weighted by molar-refractivity contribution is 7.98. The van der Waals surface area contributed by atoms with Crippen LogP contribution in [0.2, 0.25) is 0 Å². The van der Waals surface area contributed by atoms with Gasteiger partial charge in [-0.1, -0.05) is 37.1 Å². The molecular formula is C23H25N5O3S2. The van der Waals surface area contributed by atoms with Gasteiger partial charge in [0.1, 0.15) is 0 Å². The van der Waals surface area contributed by atoms with Gasteiger partial charge in [-0.15, -0.1) is 31.7 Å². The zero-order valence-corrected chi connectivity index (χ0v) is 20.2. The van der Waals surface area contributed by atoms with Gasteiger partial charge < -0.3 is 13.9 Å². The average molecular weight is 484 g/mol. The molecule has 0 radical (unpaired) electrons. The molecule has 172 valence electrons. The van der Waals surface area contributed by atoms with E-state index < -0.39 is 0 Å². The zero-order valence-electron chi connectivity index (χ0n) is 18.6. The first-order valence-electron chi connectivity index (χ1n) is 10.9. The Labute approximate surface area is 200 Å². The quantitative estimate of drug-likeness (QED) is 0.288. The number of nitrogens with zero attached hydrogens (tertiary/aromatic N) is 5. The van der Waals surface area contributed by atoms with Crippen LogP contribution in [0, 0.1) is 0 Å². The molecule has 0 atom stereocenters. The number of aromatic nitrogens is 5. The van der Waals surface area contributed by atoms with Crippen LogP contribution in [0.1, 0.15) is 44.0 Å². The lowest BCUT2D eigenvalue weighted by atomic mass is 9.95. The third-order valence-electron chi connectivity index (χ3n) is 5.77. The first-order valence-corrected chi connectivity index (χ1v) is 12.8. The molecule has 5 rings (SSSR count). The van der Waals surface area contributed by atoms with Crippen molar-refractivity contribution in [2.75, 3.05) is 14.2 Å². The van der Waals surface area contributed by atoms with Crippen LogP contribution in [0.25, 0.3) is 22.2 Å². The number of benzene rings is 1. The highest BCUT2D eigenvalue weighted by atomic mass is 32.2. The van der Waals surface area contributed by atoms with Crippen LogP contribution < -0.4 is 9.47 Å². The van der Waals surface area contributed by atoms with E-state index in [1.807, 2.05) is 35.7 Å². The first kappa shape index (κ1) is 22.0. The summed E-state index contributed by atoms with van der Waals surface area (Å²) in [6.07, 6.45) is 5.95. The Morgan fingerprint density at radius 2 is 1.88 bits per heavy atom. The number of thiophene rings is 1. The van der Waals surface area contributed by atoms with Crippen molar-refractivity contribution in [2.45, 2.75) is 49.1 Å². The average Bonchev–Trinajstić information content (AvgIpc) is 3.63. The summed E-state index contributed by atoms with van der Waals surface area (Å²) in [5.41, 5.74) is 0.954. The Balaban J connectivity index is 1.43. The molecule has 33 heavy (non-hydrogen) atoms. The van der Waals surface area contributed by atoms with Gasteiger partial charge in [-0.05, 0) is 42.5 Å². The molecule has 1 saturated carbocycles. The molecule has 0 aliphatic heterocycles. The first-order chi connectivity index (χ1) is 16.3. The third-order valence-corrected chi connectivity index (χ3v) is 7.56. The van der Waals surface area contributed by atoms with E-state index in [1.54, 1.807) is 37.3 Å². The zero-order chi connectivity index (χ0) is 22.6. The van der Waals surface area contributed by atoms with Crippen LogP contribution in [0.3, 0.4) is 0 Å². The Kier molecular flexibility index (Phi) is 6.63. The van der Waals surface area contributed by atoms with Crippen molar-refractivity contribution in [3.05, 3.63) is 41.6 Å². The van der Waals surface area contributed by atoms with Gasteiger partial charge in [-0.2, -0.15) is 0 Å². The molecule has 0 bridgehead atoms. The second kappa shape index (κ2) is 9.96. The summed E-state index contributed by atoms with van der Waals surface area (Å²) in [4.78, 5) is 0.972. The Morgan fingerprint density at radius 1 is 1.03 bits per heavy atom. The summed E-state index contributed by atoms with van der Waals surface area (Å²) in [5, 5.41) is 20.4. The van der Waals surface area contributed by atoms with Gasteiger partial charge in [0.2, 0.25) is 5.89 Å². The Morgan fingerprint density at radius 3 is 2.64 bits per heavy atom. The lowest BCUT2D eigenvalue weighted by molar-refractivity contribution is 0.338. The van der Waals surface area contributed by atoms with Gasteiger partial charge in [0, 0.05) is 11.6 Å². The number of hydrogen-bond donors (Lipinski definition) is 0. The molecule has 1 aromatic carbocycles. The normalized spacial score (nSPS) is 14.5. The molecule has 1 aliphatic rings. The van der Waals surface area contributed by atoms with Crippen molar-refractivity contribution in [1.29, 1.82) is 0 Å². The van der Waals surface area contributed by atoms with Crippen LogP contribution in [0.5, 0.6) is 11.5 Å². The minimum absolute atomic E-state index is 0.365. The van der Waals surface area contributed by atoms with Gasteiger partial charge in [0.15, 0.2) is 22.5 Å². The molecule has 10 heteroatoms. The van der Waals surface area contributed by atoms with Crippen molar-refractivity contribution in [2.24, 2.45) is 0 Å². The van der Waals surface area contributed by atoms with Gasteiger partial charge in [0.25, 0.3) is 5.89 Å². The van der Waals surface area contributed by atoms with Crippen LogP contribution >= 0.6 is 23.1 Å². The van der Waals surface area contributed by atoms with E-state index in [1.165, 1.54) is 19.3 Å². The summed E-state index contributed by atoms with van der Waals surface area (Å²) in [6.45, 7) is 0. The highest BCUT2D eigenvalue weighted by Crippen LogP contribution is 2.38. The predicted octanol–water partition coefficient (Wildman–Crippen LogP) is 5.87. The minimum atomic E-state index is 0.365. The molecule has 1 aliphatic carbocycles.